The molecule has 0 atom stereocenters. The Morgan fingerprint density at radius 1 is 1.26 bits per heavy atom. The lowest BCUT2D eigenvalue weighted by molar-refractivity contribution is -0.129. The fourth-order valence-electron chi connectivity index (χ4n) is 1.48. The summed E-state index contributed by atoms with van der Waals surface area (Å²) in [5.41, 5.74) is 0.890. The van der Waals surface area contributed by atoms with Crippen molar-refractivity contribution in [3.8, 4) is 0 Å². The molecule has 19 heavy (non-hydrogen) atoms. The highest BCUT2D eigenvalue weighted by Gasteiger charge is 2.14. The Labute approximate surface area is 124 Å². The Kier molecular flexibility index (Phi) is 5.65. The van der Waals surface area contributed by atoms with Gasteiger partial charge in [0.05, 0.1) is 16.6 Å². The van der Waals surface area contributed by atoms with E-state index >= 15 is 0 Å². The molecule has 1 aromatic rings. The van der Waals surface area contributed by atoms with E-state index in [0.29, 0.717) is 23.1 Å². The lowest BCUT2D eigenvalue weighted by Gasteiger charge is -2.23. The van der Waals surface area contributed by atoms with E-state index in [-0.39, 0.29) is 11.4 Å². The number of halogens is 2. The van der Waals surface area contributed by atoms with Crippen LogP contribution in [0.3, 0.4) is 0 Å². The van der Waals surface area contributed by atoms with Crippen LogP contribution in [0.2, 0.25) is 10.0 Å². The monoisotopic (exact) mass is 302 g/mol. The molecule has 1 N–H and O–H groups in total. The summed E-state index contributed by atoms with van der Waals surface area (Å²) >= 11 is 11.8. The Morgan fingerprint density at radius 3 is 2.42 bits per heavy atom. The molecule has 0 spiro atoms. The Bertz CT molecular complexity index is 455. The molecule has 1 aromatic carbocycles. The average molecular weight is 303 g/mol. The number of nitrogens with zero attached hydrogens (tertiary/aromatic N) is 1. The number of hydrogen-bond acceptors (Lipinski definition) is 2. The molecule has 0 aliphatic carbocycles. The fraction of sp³-hybridized carbons (Fsp3) is 0.500. The second-order valence-electron chi connectivity index (χ2n) is 5.60. The molecule has 106 valence electrons. The number of hydrogen-bond donors (Lipinski definition) is 1. The maximum absolute atomic E-state index is 12.0. The van der Waals surface area contributed by atoms with E-state index < -0.39 is 0 Å². The van der Waals surface area contributed by atoms with Crippen LogP contribution in [-0.2, 0) is 11.3 Å². The first kappa shape index (κ1) is 16.3. The molecule has 0 bridgehead atoms. The van der Waals surface area contributed by atoms with Gasteiger partial charge >= 0.3 is 0 Å². The zero-order valence-corrected chi connectivity index (χ0v) is 13.3. The molecule has 0 fully saturated rings. The van der Waals surface area contributed by atoms with E-state index in [1.807, 2.05) is 26.8 Å². The Hall–Kier alpha value is -0.770. The summed E-state index contributed by atoms with van der Waals surface area (Å²) in [5, 5.41) is 4.20. The lowest BCUT2D eigenvalue weighted by atomic mass is 10.1. The summed E-state index contributed by atoms with van der Waals surface area (Å²) < 4.78 is 0. The van der Waals surface area contributed by atoms with Crippen LogP contribution in [0.1, 0.15) is 26.3 Å². The van der Waals surface area contributed by atoms with E-state index in [9.17, 15) is 4.79 Å². The molecule has 5 heteroatoms. The molecule has 0 aliphatic heterocycles. The number of nitrogens with one attached hydrogen (secondary N) is 1. The quantitative estimate of drug-likeness (QED) is 0.925. The second kappa shape index (κ2) is 6.60. The van der Waals surface area contributed by atoms with Crippen LogP contribution >= 0.6 is 23.2 Å². The SMILES string of the molecule is CN(Cc1ccc(Cl)c(Cl)c1)C(=O)CNC(C)(C)C. The van der Waals surface area contributed by atoms with Crippen molar-refractivity contribution >= 4 is 29.1 Å². The van der Waals surface area contributed by atoms with Gasteiger partial charge in [0.15, 0.2) is 0 Å². The molecule has 1 rings (SSSR count). The molecule has 0 aromatic heterocycles. The van der Waals surface area contributed by atoms with Crippen molar-refractivity contribution in [3.63, 3.8) is 0 Å². The minimum atomic E-state index is -0.0694. The van der Waals surface area contributed by atoms with Gasteiger partial charge in [-0.05, 0) is 38.5 Å². The number of likely N-dealkylation sites (N-methyl/N-ethyl adjacent to an activating group) is 1. The average Bonchev–Trinajstić information content (AvgIpc) is 2.29. The van der Waals surface area contributed by atoms with Gasteiger partial charge in [-0.15, -0.1) is 0 Å². The predicted octanol–water partition coefficient (Wildman–Crippen LogP) is 3.34. The van der Waals surface area contributed by atoms with Crippen molar-refractivity contribution in [2.45, 2.75) is 32.9 Å². The Morgan fingerprint density at radius 2 is 1.89 bits per heavy atom. The number of carbonyl (C=O) groups excluding carboxylic acids is 1. The van der Waals surface area contributed by atoms with Gasteiger partial charge in [0.1, 0.15) is 0 Å². The third kappa shape index (κ3) is 5.81. The van der Waals surface area contributed by atoms with Gasteiger partial charge < -0.3 is 10.2 Å². The van der Waals surface area contributed by atoms with Gasteiger partial charge in [-0.1, -0.05) is 29.3 Å². The highest BCUT2D eigenvalue weighted by atomic mass is 35.5. The van der Waals surface area contributed by atoms with E-state index in [1.165, 1.54) is 0 Å². The highest BCUT2D eigenvalue weighted by Crippen LogP contribution is 2.23. The first-order valence-corrected chi connectivity index (χ1v) is 6.87. The number of benzene rings is 1. The van der Waals surface area contributed by atoms with Crippen LogP contribution in [0.15, 0.2) is 18.2 Å². The van der Waals surface area contributed by atoms with Gasteiger partial charge in [-0.2, -0.15) is 0 Å². The minimum absolute atomic E-state index is 0.0426. The summed E-state index contributed by atoms with van der Waals surface area (Å²) in [7, 11) is 1.77. The topological polar surface area (TPSA) is 32.3 Å². The van der Waals surface area contributed by atoms with Gasteiger partial charge in [-0.25, -0.2) is 0 Å². The molecular formula is C14H20Cl2N2O. The number of rotatable bonds is 4. The summed E-state index contributed by atoms with van der Waals surface area (Å²) in [6.45, 7) is 6.92. The molecule has 3 nitrogen and oxygen atoms in total. The van der Waals surface area contributed by atoms with Gasteiger partial charge in [-0.3, -0.25) is 4.79 Å². The van der Waals surface area contributed by atoms with Crippen LogP contribution in [0.5, 0.6) is 0 Å². The maximum atomic E-state index is 12.0. The second-order valence-corrected chi connectivity index (χ2v) is 6.42. The normalized spacial score (nSPS) is 11.5. The zero-order chi connectivity index (χ0) is 14.6. The van der Waals surface area contributed by atoms with Crippen molar-refractivity contribution in [3.05, 3.63) is 33.8 Å². The molecule has 0 unspecified atom stereocenters. The third-order valence-electron chi connectivity index (χ3n) is 2.60. The van der Waals surface area contributed by atoms with Gasteiger partial charge in [0.2, 0.25) is 5.91 Å². The van der Waals surface area contributed by atoms with Crippen LogP contribution in [0, 0.1) is 0 Å². The minimum Gasteiger partial charge on any atom is -0.340 e. The zero-order valence-electron chi connectivity index (χ0n) is 11.8. The summed E-state index contributed by atoms with van der Waals surface area (Å²) in [4.78, 5) is 13.6. The number of amides is 1. The third-order valence-corrected chi connectivity index (χ3v) is 3.34. The maximum Gasteiger partial charge on any atom is 0.236 e. The first-order chi connectivity index (χ1) is 8.69. The molecule has 0 saturated heterocycles. The van der Waals surface area contributed by atoms with Crippen molar-refractivity contribution in [1.82, 2.24) is 10.2 Å². The molecule has 1 amide bonds. The van der Waals surface area contributed by atoms with Gasteiger partial charge in [0.25, 0.3) is 0 Å². The predicted molar refractivity (Wildman–Crippen MR) is 80.7 cm³/mol. The molecule has 0 radical (unpaired) electrons. The molecule has 0 saturated carbocycles. The largest absolute Gasteiger partial charge is 0.340 e. The summed E-state index contributed by atoms with van der Waals surface area (Å²) in [5.74, 6) is 0.0426. The number of carbonyl (C=O) groups is 1. The van der Waals surface area contributed by atoms with Crippen LogP contribution in [-0.4, -0.2) is 29.9 Å². The van der Waals surface area contributed by atoms with Gasteiger partial charge in [0, 0.05) is 19.1 Å². The van der Waals surface area contributed by atoms with Crippen LogP contribution in [0.4, 0.5) is 0 Å². The van der Waals surface area contributed by atoms with Crippen molar-refractivity contribution in [1.29, 1.82) is 0 Å². The Balaban J connectivity index is 2.56. The molecule has 0 heterocycles. The van der Waals surface area contributed by atoms with Crippen molar-refractivity contribution < 1.29 is 4.79 Å². The van der Waals surface area contributed by atoms with Crippen LogP contribution < -0.4 is 5.32 Å². The van der Waals surface area contributed by atoms with E-state index in [0.717, 1.165) is 5.56 Å². The van der Waals surface area contributed by atoms with E-state index in [1.54, 1.807) is 24.1 Å². The first-order valence-electron chi connectivity index (χ1n) is 6.12. The van der Waals surface area contributed by atoms with E-state index in [4.69, 9.17) is 23.2 Å². The summed E-state index contributed by atoms with van der Waals surface area (Å²) in [6, 6.07) is 5.39. The van der Waals surface area contributed by atoms with E-state index in [2.05, 4.69) is 5.32 Å². The molecule has 0 aliphatic rings. The van der Waals surface area contributed by atoms with Crippen molar-refractivity contribution in [2.24, 2.45) is 0 Å². The smallest absolute Gasteiger partial charge is 0.236 e. The summed E-state index contributed by atoms with van der Waals surface area (Å²) in [6.07, 6.45) is 0. The molecular weight excluding hydrogens is 283 g/mol. The lowest BCUT2D eigenvalue weighted by Crippen LogP contribution is -2.43. The fourth-order valence-corrected chi connectivity index (χ4v) is 1.80. The highest BCUT2D eigenvalue weighted by molar-refractivity contribution is 6.42. The van der Waals surface area contributed by atoms with Crippen molar-refractivity contribution in [2.75, 3.05) is 13.6 Å². The standard InChI is InChI=1S/C14H20Cl2N2O/c1-14(2,3)17-8-13(19)18(4)9-10-5-6-11(15)12(16)7-10/h5-7,17H,8-9H2,1-4H3. The van der Waals surface area contributed by atoms with Crippen LogP contribution in [0.25, 0.3) is 0 Å².